The van der Waals surface area contributed by atoms with E-state index >= 15 is 0 Å². The van der Waals surface area contributed by atoms with Crippen molar-refractivity contribution in [2.24, 2.45) is 0 Å². The third-order valence-corrected chi connectivity index (χ3v) is 6.97. The molecular formula is C30H20N2. The van der Waals surface area contributed by atoms with Gasteiger partial charge in [0.25, 0.3) is 0 Å². The first-order valence-electron chi connectivity index (χ1n) is 11.0. The van der Waals surface area contributed by atoms with E-state index in [0.29, 0.717) is 0 Å². The topological polar surface area (TPSA) is 28.7 Å². The van der Waals surface area contributed by atoms with Gasteiger partial charge in [-0.3, -0.25) is 4.98 Å². The average molecular weight is 409 g/mol. The first kappa shape index (κ1) is 17.5. The first-order chi connectivity index (χ1) is 15.9. The SMILES string of the molecule is c1ccc(C2(c3cccnc3)c3ccccc3-c3cc4[nH]c5ccccc5c4cc32)cc1. The normalized spacial score (nSPS) is 16.9. The summed E-state index contributed by atoms with van der Waals surface area (Å²) in [4.78, 5) is 8.17. The van der Waals surface area contributed by atoms with Gasteiger partial charge >= 0.3 is 0 Å². The molecule has 0 bridgehead atoms. The van der Waals surface area contributed by atoms with Crippen molar-refractivity contribution in [3.05, 3.63) is 138 Å². The van der Waals surface area contributed by atoms with Crippen molar-refractivity contribution in [2.75, 3.05) is 0 Å². The number of benzene rings is 4. The van der Waals surface area contributed by atoms with Gasteiger partial charge in [-0.05, 0) is 57.6 Å². The number of hydrogen-bond donors (Lipinski definition) is 1. The fourth-order valence-electron chi connectivity index (χ4n) is 5.68. The number of rotatable bonds is 2. The molecule has 0 spiro atoms. The van der Waals surface area contributed by atoms with Crippen LogP contribution in [-0.2, 0) is 5.41 Å². The summed E-state index contributed by atoms with van der Waals surface area (Å²) in [5, 5.41) is 2.52. The Labute approximate surface area is 186 Å². The van der Waals surface area contributed by atoms with Crippen molar-refractivity contribution in [1.82, 2.24) is 9.97 Å². The molecule has 0 saturated carbocycles. The van der Waals surface area contributed by atoms with Gasteiger partial charge in [-0.15, -0.1) is 0 Å². The summed E-state index contributed by atoms with van der Waals surface area (Å²) in [6.45, 7) is 0. The molecular weight excluding hydrogens is 388 g/mol. The largest absolute Gasteiger partial charge is 0.354 e. The Kier molecular flexibility index (Phi) is 3.51. The Hall–Kier alpha value is -4.17. The van der Waals surface area contributed by atoms with Crippen LogP contribution in [0.1, 0.15) is 22.3 Å². The number of aromatic amines is 1. The summed E-state index contributed by atoms with van der Waals surface area (Å²) in [7, 11) is 0. The highest BCUT2D eigenvalue weighted by molar-refractivity contribution is 6.10. The summed E-state index contributed by atoms with van der Waals surface area (Å²) in [6.07, 6.45) is 3.88. The second kappa shape index (κ2) is 6.41. The average Bonchev–Trinajstić information content (AvgIpc) is 3.37. The van der Waals surface area contributed by atoms with Crippen molar-refractivity contribution in [2.45, 2.75) is 5.41 Å². The molecule has 2 nitrogen and oxygen atoms in total. The zero-order valence-electron chi connectivity index (χ0n) is 17.4. The minimum absolute atomic E-state index is 0.409. The highest BCUT2D eigenvalue weighted by atomic mass is 14.7. The number of H-pyrrole nitrogens is 1. The van der Waals surface area contributed by atoms with E-state index in [2.05, 4.69) is 107 Å². The Bertz CT molecular complexity index is 1570. The van der Waals surface area contributed by atoms with Crippen molar-refractivity contribution in [3.8, 4) is 11.1 Å². The molecule has 32 heavy (non-hydrogen) atoms. The summed E-state index contributed by atoms with van der Waals surface area (Å²) < 4.78 is 0. The van der Waals surface area contributed by atoms with E-state index in [1.165, 1.54) is 55.2 Å². The molecule has 1 aliphatic carbocycles. The Balaban J connectivity index is 1.70. The van der Waals surface area contributed by atoms with Crippen LogP contribution in [0.5, 0.6) is 0 Å². The van der Waals surface area contributed by atoms with Crippen LogP contribution in [0.3, 0.4) is 0 Å². The van der Waals surface area contributed by atoms with E-state index in [0.717, 1.165) is 0 Å². The molecule has 1 N–H and O–H groups in total. The number of aromatic nitrogens is 2. The van der Waals surface area contributed by atoms with Gasteiger partial charge in [0.1, 0.15) is 0 Å². The number of nitrogens with one attached hydrogen (secondary N) is 1. The predicted molar refractivity (Wildman–Crippen MR) is 131 cm³/mol. The maximum absolute atomic E-state index is 4.54. The summed E-state index contributed by atoms with van der Waals surface area (Å²) >= 11 is 0. The first-order valence-corrected chi connectivity index (χ1v) is 11.0. The molecule has 1 aliphatic rings. The Morgan fingerprint density at radius 3 is 2.22 bits per heavy atom. The van der Waals surface area contributed by atoms with Crippen molar-refractivity contribution in [3.63, 3.8) is 0 Å². The molecule has 2 heterocycles. The Morgan fingerprint density at radius 1 is 0.562 bits per heavy atom. The van der Waals surface area contributed by atoms with Gasteiger partial charge in [-0.2, -0.15) is 0 Å². The van der Waals surface area contributed by atoms with Crippen LogP contribution < -0.4 is 0 Å². The molecule has 2 aromatic heterocycles. The molecule has 7 rings (SSSR count). The molecule has 0 fully saturated rings. The van der Waals surface area contributed by atoms with Crippen LogP contribution in [0.15, 0.2) is 116 Å². The van der Waals surface area contributed by atoms with Gasteiger partial charge in [-0.25, -0.2) is 0 Å². The van der Waals surface area contributed by atoms with Gasteiger partial charge in [0.05, 0.1) is 5.41 Å². The Morgan fingerprint density at radius 2 is 1.34 bits per heavy atom. The zero-order valence-corrected chi connectivity index (χ0v) is 17.4. The smallest absolute Gasteiger partial charge is 0.0728 e. The van der Waals surface area contributed by atoms with Crippen LogP contribution in [0.2, 0.25) is 0 Å². The lowest BCUT2D eigenvalue weighted by atomic mass is 9.68. The lowest BCUT2D eigenvalue weighted by molar-refractivity contribution is 0.764. The fourth-order valence-corrected chi connectivity index (χ4v) is 5.68. The zero-order chi connectivity index (χ0) is 21.1. The third-order valence-electron chi connectivity index (χ3n) is 6.97. The van der Waals surface area contributed by atoms with E-state index < -0.39 is 5.41 Å². The van der Waals surface area contributed by atoms with E-state index in [4.69, 9.17) is 0 Å². The fraction of sp³-hybridized carbons (Fsp3) is 0.0333. The molecule has 0 amide bonds. The van der Waals surface area contributed by atoms with Gasteiger partial charge in [-0.1, -0.05) is 78.9 Å². The summed E-state index contributed by atoms with van der Waals surface area (Å²) in [6, 6.07) is 37.3. The van der Waals surface area contributed by atoms with Crippen molar-refractivity contribution >= 4 is 21.8 Å². The third kappa shape index (κ3) is 2.16. The monoisotopic (exact) mass is 408 g/mol. The minimum atomic E-state index is -0.409. The minimum Gasteiger partial charge on any atom is -0.354 e. The van der Waals surface area contributed by atoms with E-state index in [9.17, 15) is 0 Å². The molecule has 1 atom stereocenters. The van der Waals surface area contributed by atoms with Gasteiger partial charge in [0.15, 0.2) is 0 Å². The molecule has 4 aromatic carbocycles. The lowest BCUT2D eigenvalue weighted by Crippen LogP contribution is -2.28. The number of nitrogens with zero attached hydrogens (tertiary/aromatic N) is 1. The maximum Gasteiger partial charge on any atom is 0.0728 e. The van der Waals surface area contributed by atoms with Crippen LogP contribution >= 0.6 is 0 Å². The van der Waals surface area contributed by atoms with Crippen molar-refractivity contribution < 1.29 is 0 Å². The maximum atomic E-state index is 4.54. The van der Waals surface area contributed by atoms with Gasteiger partial charge in [0.2, 0.25) is 0 Å². The molecule has 6 aromatic rings. The molecule has 150 valence electrons. The van der Waals surface area contributed by atoms with E-state index in [1.807, 2.05) is 18.5 Å². The molecule has 2 heteroatoms. The van der Waals surface area contributed by atoms with Crippen molar-refractivity contribution in [1.29, 1.82) is 0 Å². The van der Waals surface area contributed by atoms with Gasteiger partial charge < -0.3 is 4.98 Å². The van der Waals surface area contributed by atoms with Gasteiger partial charge in [0, 0.05) is 34.2 Å². The van der Waals surface area contributed by atoms with Crippen LogP contribution in [-0.4, -0.2) is 9.97 Å². The number of para-hydroxylation sites is 1. The highest BCUT2D eigenvalue weighted by Gasteiger charge is 2.46. The summed E-state index contributed by atoms with van der Waals surface area (Å²) in [5.41, 5.74) is 9.59. The quantitative estimate of drug-likeness (QED) is 0.325. The molecule has 0 aliphatic heterocycles. The van der Waals surface area contributed by atoms with E-state index in [-0.39, 0.29) is 0 Å². The predicted octanol–water partition coefficient (Wildman–Crippen LogP) is 7.08. The lowest BCUT2D eigenvalue weighted by Gasteiger charge is -2.33. The standard InChI is InChI=1S/C30H20N2/c1-2-9-20(10-3-1)30(21-11-8-16-31-19-21)26-14-6-4-12-22(26)24-18-29-25(17-27(24)30)23-13-5-7-15-28(23)32-29/h1-19,32H. The number of hydrogen-bond acceptors (Lipinski definition) is 1. The molecule has 1 unspecified atom stereocenters. The molecule has 0 radical (unpaired) electrons. The van der Waals surface area contributed by atoms with Crippen LogP contribution in [0.25, 0.3) is 32.9 Å². The summed E-state index contributed by atoms with van der Waals surface area (Å²) in [5.74, 6) is 0. The number of fused-ring (bicyclic) bond motifs is 6. The second-order valence-corrected chi connectivity index (χ2v) is 8.52. The van der Waals surface area contributed by atoms with Crippen LogP contribution in [0.4, 0.5) is 0 Å². The molecule has 0 saturated heterocycles. The second-order valence-electron chi connectivity index (χ2n) is 8.52. The van der Waals surface area contributed by atoms with E-state index in [1.54, 1.807) is 0 Å². The van der Waals surface area contributed by atoms with Crippen LogP contribution in [0, 0.1) is 0 Å². The number of pyridine rings is 1. The highest BCUT2D eigenvalue weighted by Crippen LogP contribution is 2.56.